The first-order valence-electron chi connectivity index (χ1n) is 7.82. The Hall–Kier alpha value is -2.89. The van der Waals surface area contributed by atoms with E-state index in [0.29, 0.717) is 19.0 Å². The molecule has 0 unspecified atom stereocenters. The van der Waals surface area contributed by atoms with Crippen LogP contribution in [0, 0.1) is 0 Å². The molecule has 0 atom stereocenters. The first-order valence-corrected chi connectivity index (χ1v) is 7.82. The average molecular weight is 327 g/mol. The van der Waals surface area contributed by atoms with E-state index >= 15 is 0 Å². The Balaban J connectivity index is 1.53. The first kappa shape index (κ1) is 16.0. The number of ether oxygens (including phenoxy) is 2. The minimum atomic E-state index is -0.109. The van der Waals surface area contributed by atoms with Crippen molar-refractivity contribution >= 4 is 23.0 Å². The van der Waals surface area contributed by atoms with Gasteiger partial charge in [-0.2, -0.15) is 0 Å². The van der Waals surface area contributed by atoms with E-state index in [1.54, 1.807) is 0 Å². The number of nitrogens with one attached hydrogen (secondary N) is 2. The van der Waals surface area contributed by atoms with Crippen molar-refractivity contribution in [1.29, 1.82) is 0 Å². The molecule has 0 bridgehead atoms. The summed E-state index contributed by atoms with van der Waals surface area (Å²) in [4.78, 5) is 14.1. The smallest absolute Gasteiger partial charge is 0.243 e. The van der Waals surface area contributed by atoms with E-state index in [1.165, 1.54) is 0 Å². The van der Waals surface area contributed by atoms with Crippen LogP contribution in [0.5, 0.6) is 11.5 Å². The molecule has 6 nitrogen and oxygen atoms in total. The van der Waals surface area contributed by atoms with Gasteiger partial charge in [0, 0.05) is 37.2 Å². The minimum Gasteiger partial charge on any atom is -0.486 e. The van der Waals surface area contributed by atoms with E-state index in [-0.39, 0.29) is 12.5 Å². The quantitative estimate of drug-likeness (QED) is 0.884. The Morgan fingerprint density at radius 2 is 1.67 bits per heavy atom. The van der Waals surface area contributed by atoms with Crippen LogP contribution >= 0.6 is 0 Å². The van der Waals surface area contributed by atoms with Gasteiger partial charge in [0.15, 0.2) is 11.5 Å². The third-order valence-corrected chi connectivity index (χ3v) is 3.66. The molecule has 1 aliphatic heterocycles. The van der Waals surface area contributed by atoms with Gasteiger partial charge in [0.1, 0.15) is 13.2 Å². The summed E-state index contributed by atoms with van der Waals surface area (Å²) >= 11 is 0. The molecular formula is C18H21N3O3. The Bertz CT molecular complexity index is 714. The third-order valence-electron chi connectivity index (χ3n) is 3.66. The highest BCUT2D eigenvalue weighted by atomic mass is 16.6. The van der Waals surface area contributed by atoms with Crippen molar-refractivity contribution in [3.63, 3.8) is 0 Å². The van der Waals surface area contributed by atoms with Gasteiger partial charge in [0.2, 0.25) is 5.91 Å². The fourth-order valence-electron chi connectivity index (χ4n) is 2.38. The molecule has 0 fully saturated rings. The van der Waals surface area contributed by atoms with Crippen LogP contribution in [0.4, 0.5) is 17.1 Å². The maximum atomic E-state index is 12.1. The van der Waals surface area contributed by atoms with Crippen LogP contribution in [0.2, 0.25) is 0 Å². The van der Waals surface area contributed by atoms with Gasteiger partial charge in [-0.3, -0.25) is 4.79 Å². The fourth-order valence-corrected chi connectivity index (χ4v) is 2.38. The lowest BCUT2D eigenvalue weighted by Gasteiger charge is -2.19. The predicted molar refractivity (Wildman–Crippen MR) is 95.3 cm³/mol. The molecule has 2 aromatic carbocycles. The van der Waals surface area contributed by atoms with E-state index < -0.39 is 0 Å². The number of anilines is 3. The van der Waals surface area contributed by atoms with Crippen LogP contribution in [0.15, 0.2) is 42.5 Å². The van der Waals surface area contributed by atoms with Crippen molar-refractivity contribution in [1.82, 2.24) is 0 Å². The lowest BCUT2D eigenvalue weighted by molar-refractivity contribution is -0.114. The summed E-state index contributed by atoms with van der Waals surface area (Å²) in [5.41, 5.74) is 2.68. The highest BCUT2D eigenvalue weighted by Crippen LogP contribution is 2.32. The normalized spacial score (nSPS) is 12.4. The number of carbonyl (C=O) groups is 1. The zero-order chi connectivity index (χ0) is 16.9. The number of nitrogens with zero attached hydrogens (tertiary/aromatic N) is 1. The van der Waals surface area contributed by atoms with E-state index in [9.17, 15) is 4.79 Å². The summed E-state index contributed by atoms with van der Waals surface area (Å²) in [5, 5.41) is 5.95. The van der Waals surface area contributed by atoms with Gasteiger partial charge < -0.3 is 25.0 Å². The van der Waals surface area contributed by atoms with E-state index in [4.69, 9.17) is 9.47 Å². The topological polar surface area (TPSA) is 62.8 Å². The van der Waals surface area contributed by atoms with Gasteiger partial charge in [-0.05, 0) is 36.4 Å². The van der Waals surface area contributed by atoms with Crippen molar-refractivity contribution in [2.45, 2.75) is 0 Å². The molecule has 3 rings (SSSR count). The van der Waals surface area contributed by atoms with Crippen molar-refractivity contribution in [2.24, 2.45) is 0 Å². The van der Waals surface area contributed by atoms with Gasteiger partial charge in [0.05, 0.1) is 6.54 Å². The summed E-state index contributed by atoms with van der Waals surface area (Å²) in [6, 6.07) is 13.2. The van der Waals surface area contributed by atoms with Crippen molar-refractivity contribution < 1.29 is 14.3 Å². The van der Waals surface area contributed by atoms with Gasteiger partial charge >= 0.3 is 0 Å². The van der Waals surface area contributed by atoms with Crippen LogP contribution in [0.3, 0.4) is 0 Å². The number of benzene rings is 2. The second-order valence-electron chi connectivity index (χ2n) is 5.70. The predicted octanol–water partition coefficient (Wildman–Crippen LogP) is 2.57. The maximum absolute atomic E-state index is 12.1. The van der Waals surface area contributed by atoms with Crippen LogP contribution in [-0.4, -0.2) is 39.8 Å². The standard InChI is InChI=1S/C18H21N3O3/c1-21(2)15-6-3-13(4-7-15)20-18(22)12-19-14-5-8-16-17(11-14)24-10-9-23-16/h3-8,11,19H,9-10,12H2,1-2H3,(H,20,22). The molecule has 0 saturated heterocycles. The molecule has 0 spiro atoms. The lowest BCUT2D eigenvalue weighted by Crippen LogP contribution is -2.22. The van der Waals surface area contributed by atoms with Crippen LogP contribution in [0.25, 0.3) is 0 Å². The summed E-state index contributed by atoms with van der Waals surface area (Å²) in [6.45, 7) is 1.28. The summed E-state index contributed by atoms with van der Waals surface area (Å²) in [6.07, 6.45) is 0. The number of rotatable bonds is 5. The van der Waals surface area contributed by atoms with Crippen LogP contribution < -0.4 is 25.0 Å². The molecule has 1 aliphatic rings. The van der Waals surface area contributed by atoms with Gasteiger partial charge in [-0.25, -0.2) is 0 Å². The number of amides is 1. The molecule has 0 aliphatic carbocycles. The molecule has 0 aromatic heterocycles. The number of hydrogen-bond donors (Lipinski definition) is 2. The monoisotopic (exact) mass is 327 g/mol. The SMILES string of the molecule is CN(C)c1ccc(NC(=O)CNc2ccc3c(c2)OCCO3)cc1. The molecule has 1 heterocycles. The average Bonchev–Trinajstić information content (AvgIpc) is 2.60. The van der Waals surface area contributed by atoms with Gasteiger partial charge in [0.25, 0.3) is 0 Å². The molecule has 0 radical (unpaired) electrons. The van der Waals surface area contributed by atoms with Crippen LogP contribution in [0.1, 0.15) is 0 Å². The molecule has 6 heteroatoms. The Morgan fingerprint density at radius 1 is 1.00 bits per heavy atom. The number of fused-ring (bicyclic) bond motifs is 1. The Kier molecular flexibility index (Phi) is 4.74. The molecule has 126 valence electrons. The van der Waals surface area contributed by atoms with Crippen LogP contribution in [-0.2, 0) is 4.79 Å². The van der Waals surface area contributed by atoms with Crippen molar-refractivity contribution in [2.75, 3.05) is 49.4 Å². The maximum Gasteiger partial charge on any atom is 0.243 e. The lowest BCUT2D eigenvalue weighted by atomic mass is 10.2. The van der Waals surface area contributed by atoms with E-state index in [0.717, 1.165) is 22.8 Å². The second kappa shape index (κ2) is 7.12. The number of hydrogen-bond acceptors (Lipinski definition) is 5. The summed E-state index contributed by atoms with van der Waals surface area (Å²) in [5.74, 6) is 1.32. The minimum absolute atomic E-state index is 0.109. The highest BCUT2D eigenvalue weighted by Gasteiger charge is 2.12. The first-order chi connectivity index (χ1) is 11.6. The molecule has 24 heavy (non-hydrogen) atoms. The van der Waals surface area contributed by atoms with E-state index in [1.807, 2.05) is 61.5 Å². The van der Waals surface area contributed by atoms with Gasteiger partial charge in [-0.1, -0.05) is 0 Å². The molecule has 0 saturated carbocycles. The van der Waals surface area contributed by atoms with Gasteiger partial charge in [-0.15, -0.1) is 0 Å². The zero-order valence-corrected chi connectivity index (χ0v) is 13.8. The van der Waals surface area contributed by atoms with Crippen molar-refractivity contribution in [3.8, 4) is 11.5 Å². The largest absolute Gasteiger partial charge is 0.486 e. The Labute approximate surface area is 141 Å². The molecule has 1 amide bonds. The fraction of sp³-hybridized carbons (Fsp3) is 0.278. The number of carbonyl (C=O) groups excluding carboxylic acids is 1. The van der Waals surface area contributed by atoms with Crippen molar-refractivity contribution in [3.05, 3.63) is 42.5 Å². The summed E-state index contributed by atoms with van der Waals surface area (Å²) in [7, 11) is 3.95. The van der Waals surface area contributed by atoms with E-state index in [2.05, 4.69) is 10.6 Å². The molecular weight excluding hydrogens is 306 g/mol. The summed E-state index contributed by atoms with van der Waals surface area (Å²) < 4.78 is 11.0. The molecule has 2 aromatic rings. The zero-order valence-electron chi connectivity index (χ0n) is 13.8. The Morgan fingerprint density at radius 3 is 2.38 bits per heavy atom. The molecule has 2 N–H and O–H groups in total. The third kappa shape index (κ3) is 3.90. The highest BCUT2D eigenvalue weighted by molar-refractivity contribution is 5.93. The second-order valence-corrected chi connectivity index (χ2v) is 5.70.